The molecule has 0 aromatic heterocycles. The van der Waals surface area contributed by atoms with E-state index in [0.717, 1.165) is 18.2 Å². The smallest absolute Gasteiger partial charge is 0.416 e. The largest absolute Gasteiger partial charge is 0.460 e. The number of alkyl halides is 3. The van der Waals surface area contributed by atoms with Gasteiger partial charge >= 0.3 is 12.1 Å². The Hall–Kier alpha value is -2.10. The molecule has 0 saturated carbocycles. The Morgan fingerprint density at radius 3 is 2.46 bits per heavy atom. The number of halogens is 4. The fraction of sp³-hybridized carbons (Fsp3) is 0.188. The molecule has 2 aromatic carbocycles. The normalized spacial score (nSPS) is 12.0. The first-order valence-corrected chi connectivity index (χ1v) is 9.01. The number of rotatable bonds is 6. The molecule has 0 aliphatic carbocycles. The topological polar surface area (TPSA) is 72.5 Å². The van der Waals surface area contributed by atoms with Gasteiger partial charge in [0.2, 0.25) is 10.0 Å². The van der Waals surface area contributed by atoms with Gasteiger partial charge in [-0.1, -0.05) is 35.9 Å². The molecular formula is C16H13ClF3NO4S. The van der Waals surface area contributed by atoms with Crippen LogP contribution in [-0.4, -0.2) is 20.9 Å². The van der Waals surface area contributed by atoms with Gasteiger partial charge in [-0.2, -0.15) is 17.9 Å². The Bertz CT molecular complexity index is 900. The Kier molecular flexibility index (Phi) is 6.27. The summed E-state index contributed by atoms with van der Waals surface area (Å²) >= 11 is 5.89. The van der Waals surface area contributed by atoms with E-state index in [1.54, 1.807) is 24.3 Å². The molecule has 0 unspecified atom stereocenters. The minimum Gasteiger partial charge on any atom is -0.460 e. The van der Waals surface area contributed by atoms with Crippen LogP contribution in [0.3, 0.4) is 0 Å². The standard InChI is InChI=1S/C16H13ClF3NO4S/c17-14-7-2-1-4-11(14)10-25-15(22)9-21-26(23,24)13-6-3-5-12(8-13)16(18,19)20/h1-8,21H,9-10H2. The van der Waals surface area contributed by atoms with Crippen molar-refractivity contribution in [2.45, 2.75) is 17.7 Å². The summed E-state index contributed by atoms with van der Waals surface area (Å²) in [5.41, 5.74) is -0.579. The van der Waals surface area contributed by atoms with E-state index in [-0.39, 0.29) is 6.61 Å². The van der Waals surface area contributed by atoms with Crippen molar-refractivity contribution in [2.24, 2.45) is 0 Å². The first-order chi connectivity index (χ1) is 12.1. The zero-order chi connectivity index (χ0) is 19.4. The lowest BCUT2D eigenvalue weighted by atomic mass is 10.2. The molecule has 0 aliphatic heterocycles. The van der Waals surface area contributed by atoms with Crippen LogP contribution >= 0.6 is 11.6 Å². The SMILES string of the molecule is O=C(CNS(=O)(=O)c1cccc(C(F)(F)F)c1)OCc1ccccc1Cl. The summed E-state index contributed by atoms with van der Waals surface area (Å²) in [5.74, 6) is -0.902. The maximum Gasteiger partial charge on any atom is 0.416 e. The lowest BCUT2D eigenvalue weighted by Crippen LogP contribution is -2.30. The second-order valence-corrected chi connectivity index (χ2v) is 7.28. The number of sulfonamides is 1. The molecule has 0 spiro atoms. The second-order valence-electron chi connectivity index (χ2n) is 5.10. The molecular weight excluding hydrogens is 395 g/mol. The maximum atomic E-state index is 12.7. The van der Waals surface area contributed by atoms with E-state index in [9.17, 15) is 26.4 Å². The van der Waals surface area contributed by atoms with Crippen molar-refractivity contribution < 1.29 is 31.1 Å². The van der Waals surface area contributed by atoms with Crippen LogP contribution in [0.1, 0.15) is 11.1 Å². The number of esters is 1. The summed E-state index contributed by atoms with van der Waals surface area (Å²) in [6.45, 7) is -0.896. The summed E-state index contributed by atoms with van der Waals surface area (Å²) in [6, 6.07) is 9.79. The molecule has 10 heteroatoms. The van der Waals surface area contributed by atoms with Crippen LogP contribution in [0.25, 0.3) is 0 Å². The van der Waals surface area contributed by atoms with Gasteiger partial charge in [-0.3, -0.25) is 4.79 Å². The van der Waals surface area contributed by atoms with Crippen molar-refractivity contribution in [3.63, 3.8) is 0 Å². The third-order valence-corrected chi connectivity index (χ3v) is 4.99. The van der Waals surface area contributed by atoms with Crippen LogP contribution in [0.5, 0.6) is 0 Å². The van der Waals surface area contributed by atoms with Crippen LogP contribution in [0.15, 0.2) is 53.4 Å². The van der Waals surface area contributed by atoms with E-state index in [2.05, 4.69) is 0 Å². The van der Waals surface area contributed by atoms with Gasteiger partial charge < -0.3 is 4.74 Å². The first kappa shape index (κ1) is 20.2. The number of hydrogen-bond acceptors (Lipinski definition) is 4. The Morgan fingerprint density at radius 1 is 1.12 bits per heavy atom. The number of carbonyl (C=O) groups is 1. The Morgan fingerprint density at radius 2 is 1.81 bits per heavy atom. The number of carbonyl (C=O) groups excluding carboxylic acids is 1. The fourth-order valence-corrected chi connectivity index (χ4v) is 3.11. The minimum absolute atomic E-state index is 0.163. The molecule has 0 saturated heterocycles. The van der Waals surface area contributed by atoms with Crippen molar-refractivity contribution in [1.29, 1.82) is 0 Å². The van der Waals surface area contributed by atoms with Crippen molar-refractivity contribution in [3.8, 4) is 0 Å². The summed E-state index contributed by atoms with van der Waals surface area (Å²) in [6.07, 6.45) is -4.68. The average molecular weight is 408 g/mol. The molecule has 0 bridgehead atoms. The third kappa shape index (κ3) is 5.45. The van der Waals surface area contributed by atoms with E-state index in [0.29, 0.717) is 16.7 Å². The van der Waals surface area contributed by atoms with Crippen molar-refractivity contribution in [1.82, 2.24) is 4.72 Å². The Labute approximate surface area is 152 Å². The zero-order valence-electron chi connectivity index (χ0n) is 13.1. The average Bonchev–Trinajstić information content (AvgIpc) is 2.59. The summed E-state index contributed by atoms with van der Waals surface area (Å²) in [4.78, 5) is 11.1. The zero-order valence-corrected chi connectivity index (χ0v) is 14.7. The third-order valence-electron chi connectivity index (χ3n) is 3.22. The van der Waals surface area contributed by atoms with Gasteiger partial charge in [0.15, 0.2) is 0 Å². The monoisotopic (exact) mass is 407 g/mol. The van der Waals surface area contributed by atoms with Crippen molar-refractivity contribution >= 4 is 27.6 Å². The highest BCUT2D eigenvalue weighted by atomic mass is 35.5. The molecule has 0 fully saturated rings. The van der Waals surface area contributed by atoms with Crippen LogP contribution in [0.2, 0.25) is 5.02 Å². The number of benzene rings is 2. The van der Waals surface area contributed by atoms with Crippen LogP contribution in [0, 0.1) is 0 Å². The molecule has 140 valence electrons. The predicted octanol–water partition coefficient (Wildman–Crippen LogP) is 3.38. The summed E-state index contributed by atoms with van der Waals surface area (Å²) < 4.78 is 68.9. The van der Waals surface area contributed by atoms with E-state index < -0.39 is 39.2 Å². The van der Waals surface area contributed by atoms with Gasteiger partial charge in [0, 0.05) is 10.6 Å². The molecule has 0 radical (unpaired) electrons. The molecule has 5 nitrogen and oxygen atoms in total. The lowest BCUT2D eigenvalue weighted by Gasteiger charge is -2.10. The minimum atomic E-state index is -4.68. The fourth-order valence-electron chi connectivity index (χ4n) is 1.90. The predicted molar refractivity (Wildman–Crippen MR) is 87.9 cm³/mol. The lowest BCUT2D eigenvalue weighted by molar-refractivity contribution is -0.143. The van der Waals surface area contributed by atoms with Crippen LogP contribution in [0.4, 0.5) is 13.2 Å². The van der Waals surface area contributed by atoms with Gasteiger partial charge in [-0.15, -0.1) is 0 Å². The van der Waals surface area contributed by atoms with Crippen molar-refractivity contribution in [2.75, 3.05) is 6.54 Å². The van der Waals surface area contributed by atoms with Gasteiger partial charge in [-0.25, -0.2) is 8.42 Å². The number of ether oxygens (including phenoxy) is 1. The van der Waals surface area contributed by atoms with Crippen LogP contribution < -0.4 is 4.72 Å². The Balaban J connectivity index is 1.97. The molecule has 2 rings (SSSR count). The van der Waals surface area contributed by atoms with E-state index in [1.807, 2.05) is 4.72 Å². The van der Waals surface area contributed by atoms with Crippen LogP contribution in [-0.2, 0) is 32.3 Å². The van der Waals surface area contributed by atoms with Gasteiger partial charge in [-0.05, 0) is 24.3 Å². The highest BCUT2D eigenvalue weighted by Gasteiger charge is 2.31. The number of nitrogens with one attached hydrogen (secondary N) is 1. The van der Waals surface area contributed by atoms with E-state index in [1.165, 1.54) is 0 Å². The summed E-state index contributed by atoms with van der Waals surface area (Å²) in [5, 5.41) is 0.379. The highest BCUT2D eigenvalue weighted by molar-refractivity contribution is 7.89. The number of hydrogen-bond donors (Lipinski definition) is 1. The van der Waals surface area contributed by atoms with Crippen molar-refractivity contribution in [3.05, 3.63) is 64.7 Å². The molecule has 0 aliphatic rings. The molecule has 0 atom stereocenters. The van der Waals surface area contributed by atoms with E-state index in [4.69, 9.17) is 16.3 Å². The molecule has 26 heavy (non-hydrogen) atoms. The quantitative estimate of drug-likeness (QED) is 0.745. The molecule has 1 N–H and O–H groups in total. The first-order valence-electron chi connectivity index (χ1n) is 7.15. The van der Waals surface area contributed by atoms with Gasteiger partial charge in [0.05, 0.1) is 10.5 Å². The second kappa shape index (κ2) is 8.07. The molecule has 2 aromatic rings. The maximum absolute atomic E-state index is 12.7. The molecule has 0 heterocycles. The highest BCUT2D eigenvalue weighted by Crippen LogP contribution is 2.30. The van der Waals surface area contributed by atoms with E-state index >= 15 is 0 Å². The van der Waals surface area contributed by atoms with Gasteiger partial charge in [0.25, 0.3) is 0 Å². The van der Waals surface area contributed by atoms with Gasteiger partial charge in [0.1, 0.15) is 13.2 Å². The summed E-state index contributed by atoms with van der Waals surface area (Å²) in [7, 11) is -4.31. The molecule has 0 amide bonds.